The van der Waals surface area contributed by atoms with E-state index < -0.39 is 5.97 Å². The Hall–Kier alpha value is -3.02. The Morgan fingerprint density at radius 1 is 1.18 bits per heavy atom. The van der Waals surface area contributed by atoms with E-state index in [1.54, 1.807) is 36.1 Å². The summed E-state index contributed by atoms with van der Waals surface area (Å²) in [6.45, 7) is 0. The van der Waals surface area contributed by atoms with Gasteiger partial charge >= 0.3 is 5.97 Å². The van der Waals surface area contributed by atoms with Crippen molar-refractivity contribution in [1.82, 2.24) is 14.8 Å². The summed E-state index contributed by atoms with van der Waals surface area (Å²) in [5, 5.41) is 13.7. The molecule has 0 fully saturated rings. The summed E-state index contributed by atoms with van der Waals surface area (Å²) in [5.41, 5.74) is 2.59. The van der Waals surface area contributed by atoms with Gasteiger partial charge in [0.25, 0.3) is 0 Å². The molecule has 1 N–H and O–H groups in total. The average molecular weight is 297 g/mol. The van der Waals surface area contributed by atoms with Crippen LogP contribution in [0.2, 0.25) is 0 Å². The lowest BCUT2D eigenvalue weighted by molar-refractivity contribution is 0.0697. The molecule has 1 aromatic carbocycles. The summed E-state index contributed by atoms with van der Waals surface area (Å²) in [7, 11) is 1.75. The van der Waals surface area contributed by atoms with E-state index in [1.165, 1.54) is 24.5 Å². The molecule has 0 unspecified atom stereocenters. The van der Waals surface area contributed by atoms with Crippen LogP contribution in [-0.2, 0) is 7.05 Å². The first kappa shape index (κ1) is 13.9. The highest BCUT2D eigenvalue weighted by atomic mass is 19.1. The molecule has 0 aliphatic carbocycles. The van der Waals surface area contributed by atoms with Crippen molar-refractivity contribution < 1.29 is 14.3 Å². The Morgan fingerprint density at radius 3 is 2.59 bits per heavy atom. The molecule has 0 aliphatic rings. The minimum absolute atomic E-state index is 0.0962. The van der Waals surface area contributed by atoms with Gasteiger partial charge in [0.2, 0.25) is 0 Å². The first-order valence-corrected chi connectivity index (χ1v) is 6.53. The summed E-state index contributed by atoms with van der Waals surface area (Å²) >= 11 is 0. The lowest BCUT2D eigenvalue weighted by Crippen LogP contribution is -2.00. The minimum atomic E-state index is -1.06. The number of rotatable bonds is 3. The first-order valence-electron chi connectivity index (χ1n) is 6.53. The maximum Gasteiger partial charge on any atom is 0.337 e. The van der Waals surface area contributed by atoms with Crippen LogP contribution >= 0.6 is 0 Å². The van der Waals surface area contributed by atoms with Crippen LogP contribution in [0, 0.1) is 5.82 Å². The van der Waals surface area contributed by atoms with E-state index >= 15 is 0 Å². The summed E-state index contributed by atoms with van der Waals surface area (Å²) in [4.78, 5) is 15.2. The average Bonchev–Trinajstić information content (AvgIpc) is 2.90. The Labute approximate surface area is 125 Å². The van der Waals surface area contributed by atoms with E-state index in [2.05, 4.69) is 10.1 Å². The molecule has 3 aromatic rings. The van der Waals surface area contributed by atoms with E-state index in [-0.39, 0.29) is 11.4 Å². The van der Waals surface area contributed by atoms with Gasteiger partial charge in [-0.05, 0) is 30.3 Å². The van der Waals surface area contributed by atoms with Gasteiger partial charge in [-0.2, -0.15) is 5.10 Å². The quantitative estimate of drug-likeness (QED) is 0.807. The molecule has 6 heteroatoms. The number of carboxylic acids is 1. The largest absolute Gasteiger partial charge is 0.478 e. The highest BCUT2D eigenvalue weighted by molar-refractivity contribution is 5.97. The molecule has 0 radical (unpaired) electrons. The molecule has 0 spiro atoms. The van der Waals surface area contributed by atoms with Gasteiger partial charge in [0, 0.05) is 42.3 Å². The zero-order valence-electron chi connectivity index (χ0n) is 11.7. The van der Waals surface area contributed by atoms with Crippen molar-refractivity contribution >= 4 is 5.97 Å². The number of pyridine rings is 1. The van der Waals surface area contributed by atoms with Gasteiger partial charge in [0.05, 0.1) is 5.56 Å². The van der Waals surface area contributed by atoms with Crippen molar-refractivity contribution in [3.05, 3.63) is 60.3 Å². The van der Waals surface area contributed by atoms with Gasteiger partial charge in [0.1, 0.15) is 11.5 Å². The standard InChI is InChI=1S/C16H12FN3O2/c1-20-9-14(12-6-7-18-8-13(12)16(21)22)15(19-20)10-2-4-11(17)5-3-10/h2-9H,1H3,(H,21,22). The molecule has 0 saturated carbocycles. The van der Waals surface area contributed by atoms with E-state index in [0.717, 1.165) is 0 Å². The highest BCUT2D eigenvalue weighted by Gasteiger charge is 2.18. The number of carboxylic acid groups (broad SMARTS) is 1. The molecular weight excluding hydrogens is 285 g/mol. The van der Waals surface area contributed by atoms with Crippen LogP contribution in [0.3, 0.4) is 0 Å². The van der Waals surface area contributed by atoms with Gasteiger partial charge in [-0.25, -0.2) is 9.18 Å². The number of aryl methyl sites for hydroxylation is 1. The molecule has 0 amide bonds. The fourth-order valence-corrected chi connectivity index (χ4v) is 2.31. The zero-order chi connectivity index (χ0) is 15.7. The predicted molar refractivity (Wildman–Crippen MR) is 78.8 cm³/mol. The molecule has 0 bridgehead atoms. The fourth-order valence-electron chi connectivity index (χ4n) is 2.31. The third kappa shape index (κ3) is 2.46. The number of carbonyl (C=O) groups is 1. The van der Waals surface area contributed by atoms with Crippen molar-refractivity contribution in [2.24, 2.45) is 7.05 Å². The Bertz CT molecular complexity index is 841. The van der Waals surface area contributed by atoms with Gasteiger partial charge in [0.15, 0.2) is 0 Å². The second kappa shape index (κ2) is 5.40. The van der Waals surface area contributed by atoms with E-state index in [0.29, 0.717) is 22.4 Å². The second-order valence-electron chi connectivity index (χ2n) is 4.80. The summed E-state index contributed by atoms with van der Waals surface area (Å²) < 4.78 is 14.7. The van der Waals surface area contributed by atoms with E-state index in [4.69, 9.17) is 0 Å². The molecule has 0 atom stereocenters. The van der Waals surface area contributed by atoms with Crippen molar-refractivity contribution in [3.63, 3.8) is 0 Å². The molecular formula is C16H12FN3O2. The van der Waals surface area contributed by atoms with Crippen LogP contribution < -0.4 is 0 Å². The molecule has 22 heavy (non-hydrogen) atoms. The Balaban J connectivity index is 2.21. The predicted octanol–water partition coefficient (Wildman–Crippen LogP) is 2.99. The molecule has 3 rings (SSSR count). The third-order valence-corrected chi connectivity index (χ3v) is 3.29. The summed E-state index contributed by atoms with van der Waals surface area (Å²) in [6.07, 6.45) is 4.57. The van der Waals surface area contributed by atoms with Crippen LogP contribution in [0.1, 0.15) is 10.4 Å². The lowest BCUT2D eigenvalue weighted by atomic mass is 9.99. The lowest BCUT2D eigenvalue weighted by Gasteiger charge is -2.06. The van der Waals surface area contributed by atoms with Gasteiger partial charge in [-0.15, -0.1) is 0 Å². The summed E-state index contributed by atoms with van der Waals surface area (Å²) in [5.74, 6) is -1.40. The molecule has 0 aliphatic heterocycles. The first-order chi connectivity index (χ1) is 10.6. The normalized spacial score (nSPS) is 10.6. The molecule has 110 valence electrons. The highest BCUT2D eigenvalue weighted by Crippen LogP contribution is 2.32. The van der Waals surface area contributed by atoms with Crippen molar-refractivity contribution in [1.29, 1.82) is 0 Å². The number of benzene rings is 1. The number of hydrogen-bond donors (Lipinski definition) is 1. The SMILES string of the molecule is Cn1cc(-c2ccncc2C(=O)O)c(-c2ccc(F)cc2)n1. The Kier molecular flexibility index (Phi) is 3.42. The van der Waals surface area contributed by atoms with Crippen molar-refractivity contribution in [2.75, 3.05) is 0 Å². The number of aromatic nitrogens is 3. The molecule has 2 aromatic heterocycles. The zero-order valence-corrected chi connectivity index (χ0v) is 11.7. The smallest absolute Gasteiger partial charge is 0.337 e. The van der Waals surface area contributed by atoms with Crippen molar-refractivity contribution in [3.8, 4) is 22.4 Å². The number of nitrogens with zero attached hydrogens (tertiary/aromatic N) is 3. The number of hydrogen-bond acceptors (Lipinski definition) is 3. The fraction of sp³-hybridized carbons (Fsp3) is 0.0625. The van der Waals surface area contributed by atoms with Gasteiger partial charge in [-0.1, -0.05) is 0 Å². The topological polar surface area (TPSA) is 68.0 Å². The number of aromatic carboxylic acids is 1. The monoisotopic (exact) mass is 297 g/mol. The van der Waals surface area contributed by atoms with E-state index in [9.17, 15) is 14.3 Å². The molecule has 0 saturated heterocycles. The molecule has 2 heterocycles. The van der Waals surface area contributed by atoms with Crippen LogP contribution in [0.4, 0.5) is 4.39 Å². The van der Waals surface area contributed by atoms with Crippen LogP contribution in [-0.4, -0.2) is 25.8 Å². The Morgan fingerprint density at radius 2 is 1.91 bits per heavy atom. The van der Waals surface area contributed by atoms with E-state index in [1.807, 2.05) is 0 Å². The maximum absolute atomic E-state index is 13.1. The molecule has 5 nitrogen and oxygen atoms in total. The number of halogens is 1. The van der Waals surface area contributed by atoms with Crippen LogP contribution in [0.25, 0.3) is 22.4 Å². The van der Waals surface area contributed by atoms with Gasteiger partial charge < -0.3 is 5.11 Å². The van der Waals surface area contributed by atoms with Crippen molar-refractivity contribution in [2.45, 2.75) is 0 Å². The van der Waals surface area contributed by atoms with Crippen LogP contribution in [0.5, 0.6) is 0 Å². The van der Waals surface area contributed by atoms with Crippen LogP contribution in [0.15, 0.2) is 48.9 Å². The van der Waals surface area contributed by atoms with Gasteiger partial charge in [-0.3, -0.25) is 9.67 Å². The summed E-state index contributed by atoms with van der Waals surface area (Å²) in [6, 6.07) is 7.55. The second-order valence-corrected chi connectivity index (χ2v) is 4.80. The third-order valence-electron chi connectivity index (χ3n) is 3.29. The minimum Gasteiger partial charge on any atom is -0.478 e. The maximum atomic E-state index is 13.1.